The molecule has 0 aromatic rings. The SMILES string of the molecule is O=C(O)[C@H]1C[C@@H](O)CN1C(=O)C1CCOCC1. The highest BCUT2D eigenvalue weighted by atomic mass is 16.5. The summed E-state index contributed by atoms with van der Waals surface area (Å²) in [4.78, 5) is 24.5. The van der Waals surface area contributed by atoms with Crippen molar-refractivity contribution in [1.82, 2.24) is 4.90 Å². The highest BCUT2D eigenvalue weighted by Gasteiger charge is 2.41. The van der Waals surface area contributed by atoms with E-state index in [1.165, 1.54) is 4.90 Å². The zero-order chi connectivity index (χ0) is 12.4. The molecule has 2 N–H and O–H groups in total. The summed E-state index contributed by atoms with van der Waals surface area (Å²) in [5, 5.41) is 18.5. The summed E-state index contributed by atoms with van der Waals surface area (Å²) in [5.41, 5.74) is 0. The first-order valence-electron chi connectivity index (χ1n) is 5.88. The van der Waals surface area contributed by atoms with Crippen LogP contribution in [0.15, 0.2) is 0 Å². The molecule has 2 saturated heterocycles. The number of likely N-dealkylation sites (tertiary alicyclic amines) is 1. The van der Waals surface area contributed by atoms with E-state index in [0.717, 1.165) is 0 Å². The van der Waals surface area contributed by atoms with Crippen molar-refractivity contribution in [3.8, 4) is 0 Å². The molecule has 0 aromatic carbocycles. The Kier molecular flexibility index (Phi) is 3.63. The van der Waals surface area contributed by atoms with Gasteiger partial charge in [0.1, 0.15) is 6.04 Å². The van der Waals surface area contributed by atoms with Crippen molar-refractivity contribution in [2.24, 2.45) is 5.92 Å². The summed E-state index contributed by atoms with van der Waals surface area (Å²) < 4.78 is 5.17. The molecule has 0 aliphatic carbocycles. The van der Waals surface area contributed by atoms with Crippen molar-refractivity contribution in [1.29, 1.82) is 0 Å². The number of hydrogen-bond donors (Lipinski definition) is 2. The van der Waals surface area contributed by atoms with Crippen LogP contribution in [-0.4, -0.2) is 58.9 Å². The highest BCUT2D eigenvalue weighted by molar-refractivity contribution is 5.85. The van der Waals surface area contributed by atoms with E-state index in [-0.39, 0.29) is 24.8 Å². The number of carbonyl (C=O) groups excluding carboxylic acids is 1. The molecular weight excluding hydrogens is 226 g/mol. The van der Waals surface area contributed by atoms with Gasteiger partial charge in [-0.1, -0.05) is 0 Å². The number of ether oxygens (including phenoxy) is 1. The van der Waals surface area contributed by atoms with Gasteiger partial charge in [0.2, 0.25) is 5.91 Å². The number of carbonyl (C=O) groups is 2. The van der Waals surface area contributed by atoms with Crippen LogP contribution in [0.4, 0.5) is 0 Å². The quantitative estimate of drug-likeness (QED) is 0.680. The molecule has 96 valence electrons. The first-order valence-corrected chi connectivity index (χ1v) is 5.88. The first kappa shape index (κ1) is 12.3. The third-order valence-electron chi connectivity index (χ3n) is 3.42. The van der Waals surface area contributed by atoms with Gasteiger partial charge >= 0.3 is 5.97 Å². The fourth-order valence-electron chi connectivity index (χ4n) is 2.47. The maximum atomic E-state index is 12.2. The Bertz CT molecular complexity index is 313. The number of carboxylic acid groups (broad SMARTS) is 1. The molecule has 17 heavy (non-hydrogen) atoms. The lowest BCUT2D eigenvalue weighted by Gasteiger charge is -2.28. The predicted octanol–water partition coefficient (Wildman–Crippen LogP) is -0.541. The van der Waals surface area contributed by atoms with Gasteiger partial charge in [0.25, 0.3) is 0 Å². The van der Waals surface area contributed by atoms with Crippen molar-refractivity contribution >= 4 is 11.9 Å². The molecule has 2 fully saturated rings. The molecule has 0 aromatic heterocycles. The minimum Gasteiger partial charge on any atom is -0.480 e. The summed E-state index contributed by atoms with van der Waals surface area (Å²) in [5.74, 6) is -1.35. The number of amides is 1. The summed E-state index contributed by atoms with van der Waals surface area (Å²) in [6, 6.07) is -0.875. The number of aliphatic hydroxyl groups is 1. The maximum Gasteiger partial charge on any atom is 0.326 e. The zero-order valence-corrected chi connectivity index (χ0v) is 9.54. The minimum absolute atomic E-state index is 0.129. The first-order chi connectivity index (χ1) is 8.09. The monoisotopic (exact) mass is 243 g/mol. The Balaban J connectivity index is 2.04. The third kappa shape index (κ3) is 2.58. The second kappa shape index (κ2) is 5.01. The van der Waals surface area contributed by atoms with Gasteiger partial charge in [-0.25, -0.2) is 4.79 Å². The molecule has 2 rings (SSSR count). The standard InChI is InChI=1S/C11H17NO5/c13-8-5-9(11(15)16)12(6-8)10(14)7-1-3-17-4-2-7/h7-9,13H,1-6H2,(H,15,16)/t8-,9-/m1/s1. The molecule has 6 heteroatoms. The van der Waals surface area contributed by atoms with Crippen LogP contribution in [0.2, 0.25) is 0 Å². The van der Waals surface area contributed by atoms with Crippen LogP contribution >= 0.6 is 0 Å². The number of hydrogen-bond acceptors (Lipinski definition) is 4. The van der Waals surface area contributed by atoms with Gasteiger partial charge < -0.3 is 19.8 Å². The molecular formula is C11H17NO5. The van der Waals surface area contributed by atoms with Crippen molar-refractivity contribution in [3.05, 3.63) is 0 Å². The minimum atomic E-state index is -1.04. The number of β-amino-alcohol motifs (C(OH)–C–C–N with tert-alkyl or cyclic N) is 1. The summed E-state index contributed by atoms with van der Waals surface area (Å²) in [6.07, 6.45) is 0.680. The van der Waals surface area contributed by atoms with Crippen molar-refractivity contribution < 1.29 is 24.5 Å². The highest BCUT2D eigenvalue weighted by Crippen LogP contribution is 2.24. The normalized spacial score (nSPS) is 30.5. The van der Waals surface area contributed by atoms with Crippen LogP contribution < -0.4 is 0 Å². The molecule has 0 unspecified atom stereocenters. The summed E-state index contributed by atoms with van der Waals surface area (Å²) >= 11 is 0. The van der Waals surface area contributed by atoms with Gasteiger partial charge in [-0.15, -0.1) is 0 Å². The lowest BCUT2D eigenvalue weighted by atomic mass is 9.98. The van der Waals surface area contributed by atoms with E-state index in [1.54, 1.807) is 0 Å². The van der Waals surface area contributed by atoms with E-state index in [0.29, 0.717) is 26.1 Å². The topological polar surface area (TPSA) is 87.1 Å². The molecule has 0 spiro atoms. The van der Waals surface area contributed by atoms with Crippen LogP contribution in [0.5, 0.6) is 0 Å². The van der Waals surface area contributed by atoms with Crippen molar-refractivity contribution in [2.75, 3.05) is 19.8 Å². The summed E-state index contributed by atoms with van der Waals surface area (Å²) in [7, 11) is 0. The lowest BCUT2D eigenvalue weighted by Crippen LogP contribution is -2.44. The predicted molar refractivity (Wildman–Crippen MR) is 57.3 cm³/mol. The van der Waals surface area contributed by atoms with Gasteiger partial charge in [0, 0.05) is 32.1 Å². The molecule has 1 amide bonds. The largest absolute Gasteiger partial charge is 0.480 e. The van der Waals surface area contributed by atoms with Crippen LogP contribution in [0, 0.1) is 5.92 Å². The fraction of sp³-hybridized carbons (Fsp3) is 0.818. The number of rotatable bonds is 2. The van der Waals surface area contributed by atoms with Gasteiger partial charge in [-0.05, 0) is 12.8 Å². The number of nitrogens with zero attached hydrogens (tertiary/aromatic N) is 1. The Hall–Kier alpha value is -1.14. The van der Waals surface area contributed by atoms with Crippen molar-refractivity contribution in [2.45, 2.75) is 31.4 Å². The number of aliphatic carboxylic acids is 1. The molecule has 2 aliphatic rings. The maximum absolute atomic E-state index is 12.2. The van der Waals surface area contributed by atoms with E-state index in [9.17, 15) is 14.7 Å². The van der Waals surface area contributed by atoms with Gasteiger partial charge in [0.05, 0.1) is 6.10 Å². The van der Waals surface area contributed by atoms with Crippen LogP contribution in [-0.2, 0) is 14.3 Å². The van der Waals surface area contributed by atoms with E-state index in [1.807, 2.05) is 0 Å². The molecule has 2 atom stereocenters. The van der Waals surface area contributed by atoms with Crippen molar-refractivity contribution in [3.63, 3.8) is 0 Å². The molecule has 2 aliphatic heterocycles. The third-order valence-corrected chi connectivity index (χ3v) is 3.42. The zero-order valence-electron chi connectivity index (χ0n) is 9.54. The smallest absolute Gasteiger partial charge is 0.326 e. The van der Waals surface area contributed by atoms with Gasteiger partial charge in [-0.3, -0.25) is 4.79 Å². The molecule has 0 bridgehead atoms. The number of carboxylic acids is 1. The van der Waals surface area contributed by atoms with E-state index in [4.69, 9.17) is 9.84 Å². The van der Waals surface area contributed by atoms with E-state index in [2.05, 4.69) is 0 Å². The van der Waals surface area contributed by atoms with E-state index < -0.39 is 18.1 Å². The Morgan fingerprint density at radius 3 is 2.47 bits per heavy atom. The molecule has 6 nitrogen and oxygen atoms in total. The average molecular weight is 243 g/mol. The number of aliphatic hydroxyl groups excluding tert-OH is 1. The molecule has 0 saturated carbocycles. The summed E-state index contributed by atoms with van der Waals surface area (Å²) in [6.45, 7) is 1.22. The van der Waals surface area contributed by atoms with Gasteiger partial charge in [0.15, 0.2) is 0 Å². The molecule has 2 heterocycles. The van der Waals surface area contributed by atoms with Crippen LogP contribution in [0.3, 0.4) is 0 Å². The van der Waals surface area contributed by atoms with Gasteiger partial charge in [-0.2, -0.15) is 0 Å². The fourth-order valence-corrected chi connectivity index (χ4v) is 2.47. The Morgan fingerprint density at radius 1 is 1.24 bits per heavy atom. The lowest BCUT2D eigenvalue weighted by molar-refractivity contribution is -0.151. The Morgan fingerprint density at radius 2 is 1.88 bits per heavy atom. The average Bonchev–Trinajstić information content (AvgIpc) is 2.72. The molecule has 0 radical (unpaired) electrons. The second-order valence-corrected chi connectivity index (χ2v) is 4.62. The van der Waals surface area contributed by atoms with Crippen LogP contribution in [0.1, 0.15) is 19.3 Å². The second-order valence-electron chi connectivity index (χ2n) is 4.62. The van der Waals surface area contributed by atoms with Crippen LogP contribution in [0.25, 0.3) is 0 Å². The van der Waals surface area contributed by atoms with E-state index >= 15 is 0 Å². The Labute approximate surface area is 99.2 Å².